The number of hydrogen-bond acceptors (Lipinski definition) is 5. The number of nitrogens with zero attached hydrogens (tertiary/aromatic N) is 3. The minimum atomic E-state index is 0.298. The van der Waals surface area contributed by atoms with Crippen molar-refractivity contribution in [2.24, 2.45) is 0 Å². The van der Waals surface area contributed by atoms with E-state index in [9.17, 15) is 0 Å². The van der Waals surface area contributed by atoms with Crippen molar-refractivity contribution in [2.75, 3.05) is 19.0 Å². The summed E-state index contributed by atoms with van der Waals surface area (Å²) in [5.41, 5.74) is 0.900. The molecule has 2 aromatic rings. The molecule has 0 aliphatic carbocycles. The SMILES string of the molecule is CCNc1nc(OC)nc(-c2ccccc2Br)n1. The topological polar surface area (TPSA) is 59.9 Å². The number of aromatic nitrogens is 3. The molecule has 0 aliphatic heterocycles. The monoisotopic (exact) mass is 308 g/mol. The fourth-order valence-electron chi connectivity index (χ4n) is 1.45. The molecule has 0 radical (unpaired) electrons. The molecule has 6 heteroatoms. The van der Waals surface area contributed by atoms with Gasteiger partial charge in [0.05, 0.1) is 7.11 Å². The van der Waals surface area contributed by atoms with Gasteiger partial charge in [0.15, 0.2) is 5.82 Å². The molecule has 5 nitrogen and oxygen atoms in total. The van der Waals surface area contributed by atoms with Gasteiger partial charge >= 0.3 is 6.01 Å². The molecule has 1 aromatic carbocycles. The first-order valence-electron chi connectivity index (χ1n) is 5.53. The van der Waals surface area contributed by atoms with Crippen molar-refractivity contribution < 1.29 is 4.74 Å². The average Bonchev–Trinajstić information content (AvgIpc) is 2.39. The van der Waals surface area contributed by atoms with E-state index in [-0.39, 0.29) is 0 Å². The van der Waals surface area contributed by atoms with Gasteiger partial charge in [0.2, 0.25) is 5.95 Å². The van der Waals surface area contributed by atoms with Gasteiger partial charge in [-0.05, 0) is 13.0 Å². The highest BCUT2D eigenvalue weighted by Crippen LogP contribution is 2.26. The third-order valence-corrected chi connectivity index (χ3v) is 2.94. The molecule has 1 N–H and O–H groups in total. The van der Waals surface area contributed by atoms with E-state index in [4.69, 9.17) is 4.74 Å². The standard InChI is InChI=1S/C12H13BrN4O/c1-3-14-11-15-10(16-12(17-11)18-2)8-6-4-5-7-9(8)13/h4-7H,3H2,1-2H3,(H,14,15,16,17). The maximum absolute atomic E-state index is 5.09. The lowest BCUT2D eigenvalue weighted by Gasteiger charge is -2.07. The first-order valence-corrected chi connectivity index (χ1v) is 6.32. The van der Waals surface area contributed by atoms with Crippen LogP contribution in [0.1, 0.15) is 6.92 Å². The van der Waals surface area contributed by atoms with Gasteiger partial charge in [0.25, 0.3) is 0 Å². The molecular weight excluding hydrogens is 296 g/mol. The van der Waals surface area contributed by atoms with Crippen LogP contribution in [0.25, 0.3) is 11.4 Å². The molecule has 94 valence electrons. The van der Waals surface area contributed by atoms with Crippen LogP contribution in [0.2, 0.25) is 0 Å². The number of ether oxygens (including phenoxy) is 1. The van der Waals surface area contributed by atoms with Gasteiger partial charge < -0.3 is 10.1 Å². The quantitative estimate of drug-likeness (QED) is 0.941. The average molecular weight is 309 g/mol. The third kappa shape index (κ3) is 2.76. The van der Waals surface area contributed by atoms with Gasteiger partial charge in [-0.2, -0.15) is 15.0 Å². The van der Waals surface area contributed by atoms with Crippen LogP contribution < -0.4 is 10.1 Å². The predicted octanol–water partition coefficient (Wildman–Crippen LogP) is 2.74. The number of rotatable bonds is 4. The Labute approximate surface area is 114 Å². The summed E-state index contributed by atoms with van der Waals surface area (Å²) in [7, 11) is 1.54. The zero-order valence-corrected chi connectivity index (χ0v) is 11.7. The summed E-state index contributed by atoms with van der Waals surface area (Å²) in [4.78, 5) is 12.7. The zero-order valence-electron chi connectivity index (χ0n) is 10.1. The largest absolute Gasteiger partial charge is 0.467 e. The highest BCUT2D eigenvalue weighted by Gasteiger charge is 2.10. The molecule has 1 aromatic heterocycles. The number of anilines is 1. The normalized spacial score (nSPS) is 10.2. The van der Waals surface area contributed by atoms with E-state index in [2.05, 4.69) is 36.2 Å². The highest BCUT2D eigenvalue weighted by molar-refractivity contribution is 9.10. The molecule has 0 aliphatic rings. The molecule has 1 heterocycles. The Hall–Kier alpha value is -1.69. The van der Waals surface area contributed by atoms with E-state index in [1.165, 1.54) is 7.11 Å². The molecule has 0 spiro atoms. The lowest BCUT2D eigenvalue weighted by atomic mass is 10.2. The summed E-state index contributed by atoms with van der Waals surface area (Å²) in [6.45, 7) is 2.72. The van der Waals surface area contributed by atoms with E-state index in [1.807, 2.05) is 31.2 Å². The fourth-order valence-corrected chi connectivity index (χ4v) is 1.91. The van der Waals surface area contributed by atoms with E-state index in [1.54, 1.807) is 0 Å². The van der Waals surface area contributed by atoms with Crippen LogP contribution in [0.15, 0.2) is 28.7 Å². The van der Waals surface area contributed by atoms with Gasteiger partial charge in [-0.25, -0.2) is 0 Å². The van der Waals surface area contributed by atoms with E-state index < -0.39 is 0 Å². The molecular formula is C12H13BrN4O. The van der Waals surface area contributed by atoms with Crippen molar-refractivity contribution in [2.45, 2.75) is 6.92 Å². The number of halogens is 1. The minimum absolute atomic E-state index is 0.298. The van der Waals surface area contributed by atoms with E-state index in [0.29, 0.717) is 17.8 Å². The van der Waals surface area contributed by atoms with Crippen molar-refractivity contribution in [1.82, 2.24) is 15.0 Å². The first-order chi connectivity index (χ1) is 8.74. The number of benzene rings is 1. The number of methoxy groups -OCH3 is 1. The molecule has 0 fully saturated rings. The summed E-state index contributed by atoms with van der Waals surface area (Å²) in [5.74, 6) is 1.08. The molecule has 0 saturated heterocycles. The van der Waals surface area contributed by atoms with Crippen molar-refractivity contribution >= 4 is 21.9 Å². The molecule has 2 rings (SSSR count). The number of hydrogen-bond donors (Lipinski definition) is 1. The lowest BCUT2D eigenvalue weighted by molar-refractivity contribution is 0.379. The molecule has 0 bridgehead atoms. The predicted molar refractivity (Wildman–Crippen MR) is 73.7 cm³/mol. The summed E-state index contributed by atoms with van der Waals surface area (Å²) in [6.07, 6.45) is 0. The van der Waals surface area contributed by atoms with Gasteiger partial charge in [0.1, 0.15) is 0 Å². The van der Waals surface area contributed by atoms with E-state index >= 15 is 0 Å². The summed E-state index contributed by atoms with van der Waals surface area (Å²) in [6, 6.07) is 8.06. The van der Waals surface area contributed by atoms with Crippen LogP contribution in [-0.4, -0.2) is 28.6 Å². The second-order valence-electron chi connectivity index (χ2n) is 3.48. The van der Waals surface area contributed by atoms with Crippen LogP contribution in [0.4, 0.5) is 5.95 Å². The Morgan fingerprint density at radius 2 is 2.00 bits per heavy atom. The fraction of sp³-hybridized carbons (Fsp3) is 0.250. The van der Waals surface area contributed by atoms with Crippen LogP contribution >= 0.6 is 15.9 Å². The van der Waals surface area contributed by atoms with Crippen molar-refractivity contribution in [3.05, 3.63) is 28.7 Å². The van der Waals surface area contributed by atoms with E-state index in [0.717, 1.165) is 16.6 Å². The maximum Gasteiger partial charge on any atom is 0.321 e. The second kappa shape index (κ2) is 5.77. The van der Waals surface area contributed by atoms with Crippen molar-refractivity contribution in [3.8, 4) is 17.4 Å². The van der Waals surface area contributed by atoms with Crippen LogP contribution in [0, 0.1) is 0 Å². The molecule has 18 heavy (non-hydrogen) atoms. The Morgan fingerprint density at radius 3 is 2.67 bits per heavy atom. The summed E-state index contributed by atoms with van der Waals surface area (Å²) < 4.78 is 6.02. The van der Waals surface area contributed by atoms with Crippen LogP contribution in [0.5, 0.6) is 6.01 Å². The van der Waals surface area contributed by atoms with Crippen molar-refractivity contribution in [1.29, 1.82) is 0 Å². The smallest absolute Gasteiger partial charge is 0.321 e. The first kappa shape index (κ1) is 12.8. The lowest BCUT2D eigenvalue weighted by Crippen LogP contribution is -2.06. The third-order valence-electron chi connectivity index (χ3n) is 2.25. The molecule has 0 unspecified atom stereocenters. The Bertz CT molecular complexity index is 547. The zero-order chi connectivity index (χ0) is 13.0. The van der Waals surface area contributed by atoms with Gasteiger partial charge in [-0.15, -0.1) is 0 Å². The highest BCUT2D eigenvalue weighted by atomic mass is 79.9. The molecule has 0 saturated carbocycles. The molecule has 0 amide bonds. The van der Waals surface area contributed by atoms with Gasteiger partial charge in [0, 0.05) is 16.6 Å². The van der Waals surface area contributed by atoms with Gasteiger partial charge in [-0.1, -0.05) is 34.1 Å². The Balaban J connectivity index is 2.50. The number of nitrogens with one attached hydrogen (secondary N) is 1. The van der Waals surface area contributed by atoms with Crippen LogP contribution in [-0.2, 0) is 0 Å². The summed E-state index contributed by atoms with van der Waals surface area (Å²) in [5, 5.41) is 3.05. The Morgan fingerprint density at radius 1 is 1.22 bits per heavy atom. The maximum atomic E-state index is 5.09. The van der Waals surface area contributed by atoms with Crippen LogP contribution in [0.3, 0.4) is 0 Å². The summed E-state index contributed by atoms with van der Waals surface area (Å²) >= 11 is 3.48. The molecule has 0 atom stereocenters. The van der Waals surface area contributed by atoms with Crippen molar-refractivity contribution in [3.63, 3.8) is 0 Å². The minimum Gasteiger partial charge on any atom is -0.467 e. The second-order valence-corrected chi connectivity index (χ2v) is 4.33. The Kier molecular flexibility index (Phi) is 4.09. The van der Waals surface area contributed by atoms with Gasteiger partial charge in [-0.3, -0.25) is 0 Å².